The molecule has 0 spiro atoms. The highest BCUT2D eigenvalue weighted by molar-refractivity contribution is 5.98. The molecule has 2 rings (SSSR count). The second-order valence-electron chi connectivity index (χ2n) is 5.45. The third-order valence-corrected chi connectivity index (χ3v) is 4.29. The van der Waals surface area contributed by atoms with Crippen molar-refractivity contribution in [3.63, 3.8) is 0 Å². The van der Waals surface area contributed by atoms with Gasteiger partial charge in [-0.2, -0.15) is 0 Å². The fraction of sp³-hybridized carbons (Fsp3) is 0.562. The second kappa shape index (κ2) is 6.22. The predicted octanol–water partition coefficient (Wildman–Crippen LogP) is 1.17. The molecule has 0 saturated carbocycles. The molecule has 0 aromatic rings. The molecule has 1 aliphatic carbocycles. The van der Waals surface area contributed by atoms with Gasteiger partial charge in [0.1, 0.15) is 5.41 Å². The number of hydrogen-bond donors (Lipinski definition) is 1. The number of nitrogens with zero attached hydrogens (tertiary/aromatic N) is 1. The minimum absolute atomic E-state index is 0.0297. The molecule has 1 fully saturated rings. The van der Waals surface area contributed by atoms with E-state index in [4.69, 9.17) is 16.3 Å². The van der Waals surface area contributed by atoms with Crippen LogP contribution in [0.3, 0.4) is 0 Å². The largest absolute Gasteiger partial charge is 0.481 e. The minimum Gasteiger partial charge on any atom is -0.481 e. The lowest BCUT2D eigenvalue weighted by Gasteiger charge is -2.34. The molecule has 1 amide bonds. The zero-order valence-corrected chi connectivity index (χ0v) is 12.5. The summed E-state index contributed by atoms with van der Waals surface area (Å²) in [6, 6.07) is 0. The van der Waals surface area contributed by atoms with Crippen LogP contribution in [0.15, 0.2) is 11.8 Å². The third kappa shape index (κ3) is 2.37. The van der Waals surface area contributed by atoms with Gasteiger partial charge in [-0.3, -0.25) is 14.4 Å². The number of allylic oxidation sites excluding steroid dienone is 1. The molecule has 22 heavy (non-hydrogen) atoms. The maximum Gasteiger partial charge on any atom is 0.318 e. The standard InChI is InChI=1S/C16H19NO5/c1-3-9-17-12-7-5-6-8-16(12,15(21)22-4-2)11(14(17)20)10-13(18)19/h1,7,11H,4-6,8-10H2,2H3,(H,18,19)/t11-,16-/m0/s1. The number of likely N-dealkylation sites (tertiary alicyclic amines) is 1. The van der Waals surface area contributed by atoms with Crippen molar-refractivity contribution in [1.82, 2.24) is 4.90 Å². The van der Waals surface area contributed by atoms with Crippen molar-refractivity contribution in [2.24, 2.45) is 11.3 Å². The fourth-order valence-electron chi connectivity index (χ4n) is 3.45. The summed E-state index contributed by atoms with van der Waals surface area (Å²) in [5.74, 6) is -0.600. The molecule has 0 aromatic heterocycles. The Morgan fingerprint density at radius 3 is 2.91 bits per heavy atom. The summed E-state index contributed by atoms with van der Waals surface area (Å²) < 4.78 is 5.17. The highest BCUT2D eigenvalue weighted by Crippen LogP contribution is 2.53. The number of fused-ring (bicyclic) bond motifs is 1. The Bertz CT molecular complexity index is 574. The van der Waals surface area contributed by atoms with E-state index in [1.54, 1.807) is 6.92 Å². The summed E-state index contributed by atoms with van der Waals surface area (Å²) >= 11 is 0. The molecular weight excluding hydrogens is 286 g/mol. The van der Waals surface area contributed by atoms with Crippen molar-refractivity contribution < 1.29 is 24.2 Å². The highest BCUT2D eigenvalue weighted by Gasteiger charge is 2.62. The Morgan fingerprint density at radius 2 is 2.32 bits per heavy atom. The topological polar surface area (TPSA) is 83.9 Å². The Morgan fingerprint density at radius 1 is 1.59 bits per heavy atom. The van der Waals surface area contributed by atoms with Crippen LogP contribution in [-0.4, -0.2) is 41.0 Å². The molecule has 2 aliphatic rings. The Balaban J connectivity index is 2.54. The normalized spacial score (nSPS) is 26.9. The van der Waals surface area contributed by atoms with Crippen molar-refractivity contribution >= 4 is 17.8 Å². The van der Waals surface area contributed by atoms with E-state index in [2.05, 4.69) is 5.92 Å². The molecule has 2 atom stereocenters. The van der Waals surface area contributed by atoms with Crippen molar-refractivity contribution in [3.8, 4) is 12.3 Å². The van der Waals surface area contributed by atoms with Crippen molar-refractivity contribution in [3.05, 3.63) is 11.8 Å². The summed E-state index contributed by atoms with van der Waals surface area (Å²) in [6.07, 6.45) is 8.56. The van der Waals surface area contributed by atoms with Crippen LogP contribution in [0, 0.1) is 23.7 Å². The predicted molar refractivity (Wildman–Crippen MR) is 77.3 cm³/mol. The molecule has 0 bridgehead atoms. The van der Waals surface area contributed by atoms with E-state index in [-0.39, 0.29) is 13.2 Å². The minimum atomic E-state index is -1.21. The van der Waals surface area contributed by atoms with Gasteiger partial charge in [0.2, 0.25) is 5.91 Å². The van der Waals surface area contributed by atoms with Gasteiger partial charge in [0, 0.05) is 5.70 Å². The SMILES string of the molecule is C#CCN1C(=O)[C@H](CC(=O)O)[C@@]2(C(=O)OCC)CCCC=C12. The average molecular weight is 305 g/mol. The summed E-state index contributed by atoms with van der Waals surface area (Å²) in [5.41, 5.74) is -0.688. The van der Waals surface area contributed by atoms with Crippen LogP contribution in [0.25, 0.3) is 0 Å². The summed E-state index contributed by atoms with van der Waals surface area (Å²) in [4.78, 5) is 37.8. The summed E-state index contributed by atoms with van der Waals surface area (Å²) in [7, 11) is 0. The van der Waals surface area contributed by atoms with Crippen LogP contribution < -0.4 is 0 Å². The van der Waals surface area contributed by atoms with Crippen LogP contribution in [0.1, 0.15) is 32.6 Å². The van der Waals surface area contributed by atoms with Gasteiger partial charge in [0.15, 0.2) is 0 Å². The van der Waals surface area contributed by atoms with Crippen molar-refractivity contribution in [1.29, 1.82) is 0 Å². The van der Waals surface area contributed by atoms with Crippen LogP contribution in [0.5, 0.6) is 0 Å². The Hall–Kier alpha value is -2.29. The van der Waals surface area contributed by atoms with E-state index in [0.717, 1.165) is 6.42 Å². The number of rotatable bonds is 5. The van der Waals surface area contributed by atoms with Gasteiger partial charge in [-0.25, -0.2) is 0 Å². The average Bonchev–Trinajstić information content (AvgIpc) is 2.71. The number of carboxylic acids is 1. The zero-order chi connectivity index (χ0) is 16.3. The number of esters is 1. The molecule has 6 nitrogen and oxygen atoms in total. The van der Waals surface area contributed by atoms with Gasteiger partial charge in [-0.15, -0.1) is 6.42 Å². The van der Waals surface area contributed by atoms with E-state index >= 15 is 0 Å². The number of carbonyl (C=O) groups excluding carboxylic acids is 2. The first-order valence-electron chi connectivity index (χ1n) is 7.33. The maximum atomic E-state index is 12.6. The molecular formula is C16H19NO5. The van der Waals surface area contributed by atoms with E-state index in [9.17, 15) is 14.4 Å². The van der Waals surface area contributed by atoms with Crippen LogP contribution in [0.4, 0.5) is 0 Å². The maximum absolute atomic E-state index is 12.6. The van der Waals surface area contributed by atoms with Gasteiger partial charge >= 0.3 is 11.9 Å². The Kier molecular flexibility index (Phi) is 4.55. The first-order chi connectivity index (χ1) is 10.5. The monoisotopic (exact) mass is 305 g/mol. The number of amides is 1. The number of aliphatic carboxylic acids is 1. The number of hydrogen-bond acceptors (Lipinski definition) is 4. The van der Waals surface area contributed by atoms with Crippen LogP contribution >= 0.6 is 0 Å². The molecule has 1 saturated heterocycles. The lowest BCUT2D eigenvalue weighted by Crippen LogP contribution is -2.41. The number of carboxylic acid groups (broad SMARTS) is 1. The smallest absolute Gasteiger partial charge is 0.318 e. The molecule has 1 aliphatic heterocycles. The molecule has 1 heterocycles. The highest BCUT2D eigenvalue weighted by atomic mass is 16.5. The van der Waals surface area contributed by atoms with Crippen LogP contribution in [0.2, 0.25) is 0 Å². The number of carbonyl (C=O) groups is 3. The van der Waals surface area contributed by atoms with Gasteiger partial charge < -0.3 is 14.7 Å². The molecule has 0 unspecified atom stereocenters. The molecule has 6 heteroatoms. The first kappa shape index (κ1) is 16.1. The molecule has 1 N–H and O–H groups in total. The van der Waals surface area contributed by atoms with Gasteiger partial charge in [-0.1, -0.05) is 12.0 Å². The molecule has 0 aromatic carbocycles. The van der Waals surface area contributed by atoms with Gasteiger partial charge in [-0.05, 0) is 26.2 Å². The van der Waals surface area contributed by atoms with E-state index in [0.29, 0.717) is 18.5 Å². The summed E-state index contributed by atoms with van der Waals surface area (Å²) in [6.45, 7) is 1.89. The third-order valence-electron chi connectivity index (χ3n) is 4.29. The Labute approximate surface area is 129 Å². The summed E-state index contributed by atoms with van der Waals surface area (Å²) in [5, 5.41) is 9.14. The molecule has 0 radical (unpaired) electrons. The number of ether oxygens (including phenoxy) is 1. The van der Waals surface area contributed by atoms with Gasteiger partial charge in [0.25, 0.3) is 0 Å². The molecule has 118 valence electrons. The van der Waals surface area contributed by atoms with Gasteiger partial charge in [0.05, 0.1) is 25.5 Å². The second-order valence-corrected chi connectivity index (χ2v) is 5.45. The lowest BCUT2D eigenvalue weighted by molar-refractivity contribution is -0.159. The van der Waals surface area contributed by atoms with Crippen molar-refractivity contribution in [2.75, 3.05) is 13.2 Å². The quantitative estimate of drug-likeness (QED) is 0.609. The fourth-order valence-corrected chi connectivity index (χ4v) is 3.45. The van der Waals surface area contributed by atoms with Crippen LogP contribution in [-0.2, 0) is 19.1 Å². The van der Waals surface area contributed by atoms with Crippen molar-refractivity contribution in [2.45, 2.75) is 32.6 Å². The first-order valence-corrected chi connectivity index (χ1v) is 7.33. The lowest BCUT2D eigenvalue weighted by atomic mass is 9.68. The van der Waals surface area contributed by atoms with E-state index < -0.39 is 35.6 Å². The van der Waals surface area contributed by atoms with E-state index in [1.165, 1.54) is 4.90 Å². The number of terminal acetylenes is 1. The van der Waals surface area contributed by atoms with E-state index in [1.807, 2.05) is 6.08 Å². The zero-order valence-electron chi connectivity index (χ0n) is 12.5.